The molecule has 0 bridgehead atoms. The first-order chi connectivity index (χ1) is 13.1. The van der Waals surface area contributed by atoms with Crippen LogP contribution in [0.5, 0.6) is 17.2 Å². The van der Waals surface area contributed by atoms with Crippen LogP contribution in [0.3, 0.4) is 0 Å². The van der Waals surface area contributed by atoms with Gasteiger partial charge in [-0.05, 0) is 36.4 Å². The Morgan fingerprint density at radius 2 is 0.815 bits per heavy atom. The molecule has 0 saturated heterocycles. The second kappa shape index (κ2) is 11.0. The number of phosphoric acid groups is 1. The van der Waals surface area contributed by atoms with E-state index in [1.165, 1.54) is 0 Å². The molecule has 7 heteroatoms. The standard InChI is InChI=1S/C18H15O4P.C2H6O2/c19-23(20-16-10-4-1-5-11-16,21-17-12-6-2-7-13-17)22-18-14-8-3-9-15-18;3-1-2-4/h1-15H;3-4H,1-2H2. The van der Waals surface area contributed by atoms with E-state index in [4.69, 9.17) is 23.8 Å². The van der Waals surface area contributed by atoms with Gasteiger partial charge in [-0.1, -0.05) is 54.6 Å². The van der Waals surface area contributed by atoms with E-state index in [9.17, 15) is 4.57 Å². The highest BCUT2D eigenvalue weighted by Crippen LogP contribution is 2.49. The molecule has 142 valence electrons. The molecule has 3 aromatic rings. The minimum Gasteiger partial charge on any atom is -0.394 e. The fourth-order valence-corrected chi connectivity index (χ4v) is 3.14. The smallest absolute Gasteiger partial charge is 0.394 e. The van der Waals surface area contributed by atoms with Crippen LogP contribution >= 0.6 is 7.82 Å². The summed E-state index contributed by atoms with van der Waals surface area (Å²) >= 11 is 0. The van der Waals surface area contributed by atoms with Crippen molar-refractivity contribution in [2.24, 2.45) is 0 Å². The Kier molecular flexibility index (Phi) is 8.39. The van der Waals surface area contributed by atoms with Gasteiger partial charge in [-0.15, -0.1) is 0 Å². The number of phosphoric ester groups is 1. The molecule has 0 saturated carbocycles. The third-order valence-electron chi connectivity index (χ3n) is 2.98. The van der Waals surface area contributed by atoms with Crippen LogP contribution in [0.1, 0.15) is 0 Å². The predicted octanol–water partition coefficient (Wildman–Crippen LogP) is 4.30. The van der Waals surface area contributed by atoms with Crippen LogP contribution in [0.15, 0.2) is 91.0 Å². The Balaban J connectivity index is 0.000000596. The van der Waals surface area contributed by atoms with Crippen LogP contribution in [0, 0.1) is 0 Å². The van der Waals surface area contributed by atoms with Crippen molar-refractivity contribution >= 4 is 7.82 Å². The molecule has 0 fully saturated rings. The number of para-hydroxylation sites is 3. The lowest BCUT2D eigenvalue weighted by molar-refractivity contribution is 0.186. The van der Waals surface area contributed by atoms with Crippen molar-refractivity contribution in [1.82, 2.24) is 0 Å². The molecular formula is C20H21O6P. The van der Waals surface area contributed by atoms with Gasteiger partial charge in [0.05, 0.1) is 13.2 Å². The molecule has 3 rings (SSSR count). The van der Waals surface area contributed by atoms with E-state index in [2.05, 4.69) is 0 Å². The van der Waals surface area contributed by atoms with Crippen LogP contribution in [-0.4, -0.2) is 23.4 Å². The van der Waals surface area contributed by atoms with E-state index in [1.54, 1.807) is 72.8 Å². The first kappa shape index (κ1) is 20.5. The van der Waals surface area contributed by atoms with Crippen LogP contribution in [0.4, 0.5) is 0 Å². The number of hydrogen-bond donors (Lipinski definition) is 2. The fraction of sp³-hybridized carbons (Fsp3) is 0.100. The molecule has 0 aliphatic heterocycles. The number of benzene rings is 3. The molecule has 27 heavy (non-hydrogen) atoms. The minimum atomic E-state index is -3.89. The summed E-state index contributed by atoms with van der Waals surface area (Å²) in [5.74, 6) is 1.22. The van der Waals surface area contributed by atoms with Gasteiger partial charge in [0.2, 0.25) is 0 Å². The second-order valence-corrected chi connectivity index (χ2v) is 6.55. The summed E-state index contributed by atoms with van der Waals surface area (Å²) in [6.07, 6.45) is 0. The van der Waals surface area contributed by atoms with Crippen molar-refractivity contribution in [1.29, 1.82) is 0 Å². The molecule has 0 spiro atoms. The molecule has 0 unspecified atom stereocenters. The third-order valence-corrected chi connectivity index (χ3v) is 4.28. The molecule has 0 aliphatic rings. The average molecular weight is 388 g/mol. The van der Waals surface area contributed by atoms with Crippen molar-refractivity contribution in [3.63, 3.8) is 0 Å². The Hall–Kier alpha value is -2.79. The summed E-state index contributed by atoms with van der Waals surface area (Å²) in [5.41, 5.74) is 0. The fourth-order valence-electron chi connectivity index (χ4n) is 1.89. The molecule has 6 nitrogen and oxygen atoms in total. The maximum Gasteiger partial charge on any atom is 0.647 e. The highest BCUT2D eigenvalue weighted by Gasteiger charge is 2.33. The second-order valence-electron chi connectivity index (χ2n) is 5.11. The summed E-state index contributed by atoms with van der Waals surface area (Å²) in [5, 5.41) is 15.2. The highest BCUT2D eigenvalue weighted by atomic mass is 31.2. The van der Waals surface area contributed by atoms with Gasteiger partial charge in [-0.25, -0.2) is 0 Å². The maximum absolute atomic E-state index is 13.1. The summed E-state index contributed by atoms with van der Waals surface area (Å²) < 4.78 is 29.6. The van der Waals surface area contributed by atoms with E-state index in [0.29, 0.717) is 17.2 Å². The first-order valence-electron chi connectivity index (χ1n) is 8.21. The maximum atomic E-state index is 13.1. The summed E-state index contributed by atoms with van der Waals surface area (Å²) in [7, 11) is -3.89. The van der Waals surface area contributed by atoms with Gasteiger partial charge in [-0.3, -0.25) is 0 Å². The van der Waals surface area contributed by atoms with E-state index in [1.807, 2.05) is 18.2 Å². The number of aliphatic hydroxyl groups is 2. The monoisotopic (exact) mass is 388 g/mol. The predicted molar refractivity (Wildman–Crippen MR) is 103 cm³/mol. The van der Waals surface area contributed by atoms with Gasteiger partial charge in [0.25, 0.3) is 0 Å². The van der Waals surface area contributed by atoms with Gasteiger partial charge in [-0.2, -0.15) is 4.57 Å². The molecule has 0 aliphatic carbocycles. The van der Waals surface area contributed by atoms with E-state index in [-0.39, 0.29) is 13.2 Å². The van der Waals surface area contributed by atoms with E-state index in [0.717, 1.165) is 0 Å². The molecule has 0 radical (unpaired) electrons. The van der Waals surface area contributed by atoms with Crippen molar-refractivity contribution in [3.8, 4) is 17.2 Å². The lowest BCUT2D eigenvalue weighted by Gasteiger charge is -2.19. The Morgan fingerprint density at radius 1 is 0.556 bits per heavy atom. The largest absolute Gasteiger partial charge is 0.647 e. The number of rotatable bonds is 7. The van der Waals surface area contributed by atoms with Gasteiger partial charge < -0.3 is 23.8 Å². The number of aliphatic hydroxyl groups excluding tert-OH is 2. The summed E-state index contributed by atoms with van der Waals surface area (Å²) in [6.45, 7) is -0.250. The van der Waals surface area contributed by atoms with Crippen molar-refractivity contribution in [2.75, 3.05) is 13.2 Å². The molecule has 2 N–H and O–H groups in total. The van der Waals surface area contributed by atoms with Gasteiger partial charge in [0.15, 0.2) is 0 Å². The normalized spacial score (nSPS) is 10.3. The van der Waals surface area contributed by atoms with E-state index >= 15 is 0 Å². The molecule has 0 amide bonds. The quantitative estimate of drug-likeness (QED) is 0.587. The Bertz CT molecular complexity index is 701. The van der Waals surface area contributed by atoms with Crippen LogP contribution < -0.4 is 13.6 Å². The molecule has 0 atom stereocenters. The Labute approximate surface area is 158 Å². The lowest BCUT2D eigenvalue weighted by Crippen LogP contribution is -2.07. The van der Waals surface area contributed by atoms with Gasteiger partial charge in [0, 0.05) is 0 Å². The zero-order chi connectivity index (χ0) is 19.4. The van der Waals surface area contributed by atoms with Crippen LogP contribution in [0.25, 0.3) is 0 Å². The van der Waals surface area contributed by atoms with E-state index < -0.39 is 7.82 Å². The Morgan fingerprint density at radius 3 is 1.04 bits per heavy atom. The SMILES string of the molecule is O=P(Oc1ccccc1)(Oc1ccccc1)Oc1ccccc1.OCCO. The topological polar surface area (TPSA) is 85.2 Å². The third kappa shape index (κ3) is 7.54. The first-order valence-corrected chi connectivity index (χ1v) is 9.67. The number of hydrogen-bond acceptors (Lipinski definition) is 6. The van der Waals surface area contributed by atoms with Crippen molar-refractivity contribution in [3.05, 3.63) is 91.0 Å². The molecule has 0 heterocycles. The zero-order valence-corrected chi connectivity index (χ0v) is 15.4. The molecule has 0 aromatic heterocycles. The van der Waals surface area contributed by atoms with Crippen LogP contribution in [-0.2, 0) is 4.57 Å². The van der Waals surface area contributed by atoms with Gasteiger partial charge in [0.1, 0.15) is 17.2 Å². The zero-order valence-electron chi connectivity index (χ0n) is 14.5. The summed E-state index contributed by atoms with van der Waals surface area (Å²) in [4.78, 5) is 0. The minimum absolute atomic E-state index is 0.125. The summed E-state index contributed by atoms with van der Waals surface area (Å²) in [6, 6.07) is 26.4. The van der Waals surface area contributed by atoms with Crippen LogP contribution in [0.2, 0.25) is 0 Å². The van der Waals surface area contributed by atoms with Crippen molar-refractivity contribution < 1.29 is 28.3 Å². The van der Waals surface area contributed by atoms with Crippen molar-refractivity contribution in [2.45, 2.75) is 0 Å². The highest BCUT2D eigenvalue weighted by molar-refractivity contribution is 7.49. The average Bonchev–Trinajstić information content (AvgIpc) is 2.70. The van der Waals surface area contributed by atoms with Gasteiger partial charge >= 0.3 is 7.82 Å². The molecule has 3 aromatic carbocycles. The lowest BCUT2D eigenvalue weighted by atomic mass is 10.3. The molecular weight excluding hydrogens is 367 g/mol.